The molecule has 0 saturated carbocycles. The van der Waals surface area contributed by atoms with Crippen LogP contribution < -0.4 is 5.32 Å². The molecule has 0 atom stereocenters. The number of aromatic nitrogens is 2. The highest BCUT2D eigenvalue weighted by Crippen LogP contribution is 2.10. The summed E-state index contributed by atoms with van der Waals surface area (Å²) in [6.45, 7) is 1.47. The summed E-state index contributed by atoms with van der Waals surface area (Å²) in [5.74, 6) is 0.305. The van der Waals surface area contributed by atoms with E-state index >= 15 is 0 Å². The Hall–Kier alpha value is -2.26. The molecule has 0 aliphatic heterocycles. The first-order chi connectivity index (χ1) is 10.3. The summed E-state index contributed by atoms with van der Waals surface area (Å²) < 4.78 is 29.6. The van der Waals surface area contributed by atoms with E-state index in [0.717, 1.165) is 16.1 Å². The van der Waals surface area contributed by atoms with Crippen LogP contribution in [0.3, 0.4) is 0 Å². The minimum atomic E-state index is -3.54. The highest BCUT2D eigenvalue weighted by molar-refractivity contribution is 7.88. The van der Waals surface area contributed by atoms with Gasteiger partial charge >= 0.3 is 0 Å². The summed E-state index contributed by atoms with van der Waals surface area (Å²) in [5.41, 5.74) is 0.741. The first-order valence-electron chi connectivity index (χ1n) is 6.42. The van der Waals surface area contributed by atoms with Crippen molar-refractivity contribution in [3.63, 3.8) is 0 Å². The monoisotopic (exact) mass is 324 g/mol. The quantitative estimate of drug-likeness (QED) is 0.841. The normalized spacial score (nSPS) is 11.6. The third kappa shape index (κ3) is 4.64. The van der Waals surface area contributed by atoms with Crippen molar-refractivity contribution in [3.05, 3.63) is 41.9 Å². The van der Waals surface area contributed by atoms with Gasteiger partial charge in [0.25, 0.3) is 0 Å². The lowest BCUT2D eigenvalue weighted by Gasteiger charge is -2.19. The molecule has 0 aliphatic carbocycles. The topological polar surface area (TPSA) is 105 Å². The van der Waals surface area contributed by atoms with Crippen molar-refractivity contribution in [2.24, 2.45) is 0 Å². The van der Waals surface area contributed by atoms with Crippen LogP contribution in [-0.2, 0) is 21.4 Å². The molecule has 0 bridgehead atoms. The fourth-order valence-corrected chi connectivity index (χ4v) is 2.49. The van der Waals surface area contributed by atoms with Gasteiger partial charge in [-0.1, -0.05) is 5.16 Å². The maximum Gasteiger partial charge on any atom is 0.240 e. The van der Waals surface area contributed by atoms with E-state index in [2.05, 4.69) is 15.5 Å². The Morgan fingerprint density at radius 2 is 2.05 bits per heavy atom. The standard InChI is InChI=1S/C13H16N4O4S/c1-10-7-12(16-21-10)15-13(18)9-17(22(2,19)20)8-11-3-5-14-6-4-11/h3-7H,8-9H2,1-2H3,(H,15,16,18). The maximum atomic E-state index is 12.0. The fraction of sp³-hybridized carbons (Fsp3) is 0.308. The average molecular weight is 324 g/mol. The van der Waals surface area contributed by atoms with E-state index in [0.29, 0.717) is 5.76 Å². The molecule has 0 aliphatic rings. The number of nitrogens with one attached hydrogen (secondary N) is 1. The number of aryl methyl sites for hydroxylation is 1. The lowest BCUT2D eigenvalue weighted by Crippen LogP contribution is -2.36. The Morgan fingerprint density at radius 1 is 1.36 bits per heavy atom. The third-order valence-corrected chi connectivity index (χ3v) is 3.99. The number of hydrogen-bond donors (Lipinski definition) is 1. The number of rotatable bonds is 6. The second-order valence-corrected chi connectivity index (χ2v) is 6.74. The van der Waals surface area contributed by atoms with Crippen LogP contribution >= 0.6 is 0 Å². The molecule has 2 aromatic rings. The van der Waals surface area contributed by atoms with Crippen molar-refractivity contribution in [1.82, 2.24) is 14.4 Å². The molecule has 0 spiro atoms. The van der Waals surface area contributed by atoms with Gasteiger partial charge in [-0.05, 0) is 24.6 Å². The van der Waals surface area contributed by atoms with Crippen molar-refractivity contribution >= 4 is 21.7 Å². The molecule has 118 valence electrons. The lowest BCUT2D eigenvalue weighted by atomic mass is 10.3. The van der Waals surface area contributed by atoms with Gasteiger partial charge in [0.15, 0.2) is 5.82 Å². The molecule has 0 unspecified atom stereocenters. The molecule has 0 aromatic carbocycles. The zero-order valence-corrected chi connectivity index (χ0v) is 13.0. The number of carbonyl (C=O) groups is 1. The van der Waals surface area contributed by atoms with E-state index in [1.165, 1.54) is 0 Å². The van der Waals surface area contributed by atoms with E-state index < -0.39 is 15.9 Å². The molecular formula is C13H16N4O4S. The summed E-state index contributed by atoms with van der Waals surface area (Å²) in [6.07, 6.45) is 4.18. The Labute approximate surface area is 128 Å². The molecule has 8 nitrogen and oxygen atoms in total. The minimum Gasteiger partial charge on any atom is -0.360 e. The van der Waals surface area contributed by atoms with Crippen molar-refractivity contribution in [3.8, 4) is 0 Å². The number of hydrogen-bond acceptors (Lipinski definition) is 6. The van der Waals surface area contributed by atoms with Gasteiger partial charge < -0.3 is 9.84 Å². The number of pyridine rings is 1. The molecule has 2 heterocycles. The number of amides is 1. The smallest absolute Gasteiger partial charge is 0.240 e. The maximum absolute atomic E-state index is 12.0. The first kappa shape index (κ1) is 16.1. The molecule has 0 saturated heterocycles. The first-order valence-corrected chi connectivity index (χ1v) is 8.26. The molecule has 22 heavy (non-hydrogen) atoms. The van der Waals surface area contributed by atoms with Gasteiger partial charge in [-0.2, -0.15) is 4.31 Å². The number of carbonyl (C=O) groups excluding carboxylic acids is 1. The third-order valence-electron chi connectivity index (χ3n) is 2.79. The molecule has 1 amide bonds. The Bertz CT molecular complexity index is 742. The van der Waals surface area contributed by atoms with E-state index in [1.807, 2.05) is 0 Å². The fourth-order valence-electron chi connectivity index (χ4n) is 1.75. The highest BCUT2D eigenvalue weighted by atomic mass is 32.2. The van der Waals surface area contributed by atoms with Gasteiger partial charge in [-0.3, -0.25) is 9.78 Å². The molecule has 1 N–H and O–H groups in total. The summed E-state index contributed by atoms with van der Waals surface area (Å²) in [4.78, 5) is 15.8. The van der Waals surface area contributed by atoms with Gasteiger partial charge in [0.05, 0.1) is 12.8 Å². The summed E-state index contributed by atoms with van der Waals surface area (Å²) in [5, 5.41) is 6.11. The van der Waals surface area contributed by atoms with E-state index in [1.54, 1.807) is 37.5 Å². The van der Waals surface area contributed by atoms with Crippen molar-refractivity contribution in [2.45, 2.75) is 13.5 Å². The number of anilines is 1. The second kappa shape index (κ2) is 6.67. The van der Waals surface area contributed by atoms with Crippen LogP contribution in [0.15, 0.2) is 35.1 Å². The van der Waals surface area contributed by atoms with Gasteiger partial charge in [0.1, 0.15) is 5.76 Å². The van der Waals surface area contributed by atoms with Crippen LogP contribution in [-0.4, -0.2) is 41.6 Å². The second-order valence-electron chi connectivity index (χ2n) is 4.76. The van der Waals surface area contributed by atoms with Gasteiger partial charge in [0.2, 0.25) is 15.9 Å². The van der Waals surface area contributed by atoms with E-state index in [9.17, 15) is 13.2 Å². The minimum absolute atomic E-state index is 0.0899. The SMILES string of the molecule is Cc1cc(NC(=O)CN(Cc2ccncc2)S(C)(=O)=O)no1. The van der Waals surface area contributed by atoms with Gasteiger partial charge in [-0.25, -0.2) is 8.42 Å². The Morgan fingerprint density at radius 3 is 2.59 bits per heavy atom. The predicted molar refractivity (Wildman–Crippen MR) is 79.4 cm³/mol. The summed E-state index contributed by atoms with van der Waals surface area (Å²) in [7, 11) is -3.54. The van der Waals surface area contributed by atoms with Crippen LogP contribution in [0.2, 0.25) is 0 Å². The summed E-state index contributed by atoms with van der Waals surface area (Å²) >= 11 is 0. The average Bonchev–Trinajstić information content (AvgIpc) is 2.83. The lowest BCUT2D eigenvalue weighted by molar-refractivity contribution is -0.116. The van der Waals surface area contributed by atoms with Crippen LogP contribution in [0.4, 0.5) is 5.82 Å². The zero-order valence-electron chi connectivity index (χ0n) is 12.2. The Kier molecular flexibility index (Phi) is 4.88. The van der Waals surface area contributed by atoms with Crippen LogP contribution in [0.5, 0.6) is 0 Å². The highest BCUT2D eigenvalue weighted by Gasteiger charge is 2.21. The van der Waals surface area contributed by atoms with E-state index in [4.69, 9.17) is 4.52 Å². The van der Waals surface area contributed by atoms with Crippen LogP contribution in [0, 0.1) is 6.92 Å². The number of nitrogens with zero attached hydrogens (tertiary/aromatic N) is 3. The molecule has 0 radical (unpaired) electrons. The zero-order chi connectivity index (χ0) is 16.2. The Balaban J connectivity index is 2.05. The van der Waals surface area contributed by atoms with E-state index in [-0.39, 0.29) is 18.9 Å². The summed E-state index contributed by atoms with van der Waals surface area (Å²) in [6, 6.07) is 4.93. The molecule has 0 fully saturated rings. The molecule has 2 rings (SSSR count). The van der Waals surface area contributed by atoms with Gasteiger partial charge in [0, 0.05) is 25.0 Å². The molecule has 2 aromatic heterocycles. The van der Waals surface area contributed by atoms with Crippen molar-refractivity contribution in [2.75, 3.05) is 18.1 Å². The number of sulfonamides is 1. The largest absolute Gasteiger partial charge is 0.360 e. The van der Waals surface area contributed by atoms with Gasteiger partial charge in [-0.15, -0.1) is 0 Å². The van der Waals surface area contributed by atoms with Crippen molar-refractivity contribution in [1.29, 1.82) is 0 Å². The molecule has 9 heteroatoms. The van der Waals surface area contributed by atoms with Crippen molar-refractivity contribution < 1.29 is 17.7 Å². The predicted octanol–water partition coefficient (Wildman–Crippen LogP) is 0.778. The van der Waals surface area contributed by atoms with Crippen LogP contribution in [0.1, 0.15) is 11.3 Å². The molecular weight excluding hydrogens is 308 g/mol. The van der Waals surface area contributed by atoms with Crippen LogP contribution in [0.25, 0.3) is 0 Å².